The molecule has 2 heterocycles. The molecule has 0 aliphatic carbocycles. The van der Waals surface area contributed by atoms with E-state index in [1.54, 1.807) is 0 Å². The van der Waals surface area contributed by atoms with Gasteiger partial charge in [0.05, 0.1) is 16.9 Å². The van der Waals surface area contributed by atoms with Gasteiger partial charge in [-0.05, 0) is 25.0 Å². The van der Waals surface area contributed by atoms with Gasteiger partial charge >= 0.3 is 0 Å². The highest BCUT2D eigenvalue weighted by Gasteiger charge is 2.31. The van der Waals surface area contributed by atoms with Crippen LogP contribution in [0.25, 0.3) is 5.69 Å². The molecule has 1 aliphatic rings. The summed E-state index contributed by atoms with van der Waals surface area (Å²) in [5, 5.41) is 4.74. The Morgan fingerprint density at radius 2 is 1.84 bits per heavy atom. The first kappa shape index (κ1) is 17.7. The molecule has 1 saturated heterocycles. The van der Waals surface area contributed by atoms with E-state index in [4.69, 9.17) is 9.84 Å². The second kappa shape index (κ2) is 7.00. The van der Waals surface area contributed by atoms with Crippen molar-refractivity contribution in [3.8, 4) is 5.69 Å². The van der Waals surface area contributed by atoms with E-state index in [2.05, 4.69) is 20.8 Å². The number of nitrogens with zero attached hydrogens (tertiary/aromatic N) is 3. The lowest BCUT2D eigenvalue weighted by Gasteiger charge is -2.31. The van der Waals surface area contributed by atoms with Crippen LogP contribution in [-0.2, 0) is 10.2 Å². The number of rotatable bonds is 3. The van der Waals surface area contributed by atoms with Gasteiger partial charge in [-0.1, -0.05) is 39.0 Å². The average molecular weight is 341 g/mol. The van der Waals surface area contributed by atoms with Crippen LogP contribution in [0.5, 0.6) is 0 Å². The fraction of sp³-hybridized carbons (Fsp3) is 0.500. The zero-order valence-corrected chi connectivity index (χ0v) is 15.5. The standard InChI is InChI=1S/C20H27N3O2/c1-20(2,3)18-17(14-23(21-18)16-8-6-5-7-9-16)19(24)22(4)15-10-12-25-13-11-15/h5-9,14-15H,10-13H2,1-4H3. The van der Waals surface area contributed by atoms with Crippen molar-refractivity contribution in [2.24, 2.45) is 0 Å². The van der Waals surface area contributed by atoms with Crippen LogP contribution in [0.1, 0.15) is 49.7 Å². The van der Waals surface area contributed by atoms with Crippen LogP contribution in [0.15, 0.2) is 36.5 Å². The van der Waals surface area contributed by atoms with Crippen molar-refractivity contribution < 1.29 is 9.53 Å². The Labute approximate surface area is 149 Å². The first-order chi connectivity index (χ1) is 11.9. The number of aromatic nitrogens is 2. The summed E-state index contributed by atoms with van der Waals surface area (Å²) >= 11 is 0. The zero-order chi connectivity index (χ0) is 18.0. The van der Waals surface area contributed by atoms with Gasteiger partial charge < -0.3 is 9.64 Å². The quantitative estimate of drug-likeness (QED) is 0.859. The molecule has 0 bridgehead atoms. The molecular weight excluding hydrogens is 314 g/mol. The van der Waals surface area contributed by atoms with E-state index < -0.39 is 0 Å². The van der Waals surface area contributed by atoms with Gasteiger partial charge in [-0.25, -0.2) is 4.68 Å². The summed E-state index contributed by atoms with van der Waals surface area (Å²) in [5.74, 6) is 0.0407. The maximum Gasteiger partial charge on any atom is 0.257 e. The number of hydrogen-bond acceptors (Lipinski definition) is 3. The van der Waals surface area contributed by atoms with Gasteiger partial charge in [0.15, 0.2) is 0 Å². The molecule has 0 N–H and O–H groups in total. The molecule has 5 heteroatoms. The molecule has 0 unspecified atom stereocenters. The predicted molar refractivity (Wildman–Crippen MR) is 98.2 cm³/mol. The monoisotopic (exact) mass is 341 g/mol. The molecule has 1 aliphatic heterocycles. The van der Waals surface area contributed by atoms with E-state index in [9.17, 15) is 4.79 Å². The van der Waals surface area contributed by atoms with Crippen molar-refractivity contribution in [3.05, 3.63) is 47.8 Å². The second-order valence-electron chi connectivity index (χ2n) is 7.68. The fourth-order valence-electron chi connectivity index (χ4n) is 3.23. The molecule has 1 fully saturated rings. The van der Waals surface area contributed by atoms with Crippen molar-refractivity contribution in [2.75, 3.05) is 20.3 Å². The SMILES string of the molecule is CN(C(=O)c1cn(-c2ccccc2)nc1C(C)(C)C)C1CCOCC1. The topological polar surface area (TPSA) is 47.4 Å². The summed E-state index contributed by atoms with van der Waals surface area (Å²) in [7, 11) is 1.89. The van der Waals surface area contributed by atoms with Gasteiger partial charge in [0.2, 0.25) is 0 Å². The first-order valence-corrected chi connectivity index (χ1v) is 8.88. The lowest BCUT2D eigenvalue weighted by atomic mass is 9.89. The third-order valence-corrected chi connectivity index (χ3v) is 4.73. The fourth-order valence-corrected chi connectivity index (χ4v) is 3.23. The molecule has 0 saturated carbocycles. The number of amides is 1. The molecule has 0 atom stereocenters. The van der Waals surface area contributed by atoms with Crippen molar-refractivity contribution in [1.82, 2.24) is 14.7 Å². The minimum Gasteiger partial charge on any atom is -0.381 e. The van der Waals surface area contributed by atoms with E-state index in [1.165, 1.54) is 0 Å². The predicted octanol–water partition coefficient (Wildman–Crippen LogP) is 3.42. The highest BCUT2D eigenvalue weighted by atomic mass is 16.5. The number of benzene rings is 1. The second-order valence-corrected chi connectivity index (χ2v) is 7.68. The molecule has 134 valence electrons. The maximum atomic E-state index is 13.2. The van der Waals surface area contributed by atoms with Crippen LogP contribution in [-0.4, -0.2) is 46.9 Å². The molecule has 1 amide bonds. The lowest BCUT2D eigenvalue weighted by Crippen LogP contribution is -2.41. The minimum atomic E-state index is -0.207. The van der Waals surface area contributed by atoms with Crippen molar-refractivity contribution in [3.63, 3.8) is 0 Å². The Kier molecular flexibility index (Phi) is 4.95. The minimum absolute atomic E-state index is 0.0407. The molecule has 1 aromatic carbocycles. The Hall–Kier alpha value is -2.14. The van der Waals surface area contributed by atoms with E-state index >= 15 is 0 Å². The van der Waals surface area contributed by atoms with Crippen molar-refractivity contribution in [1.29, 1.82) is 0 Å². The van der Waals surface area contributed by atoms with Crippen LogP contribution >= 0.6 is 0 Å². The molecule has 3 rings (SSSR count). The highest BCUT2D eigenvalue weighted by molar-refractivity contribution is 5.95. The molecule has 5 nitrogen and oxygen atoms in total. The number of carbonyl (C=O) groups excluding carboxylic acids is 1. The van der Waals surface area contributed by atoms with Gasteiger partial charge in [-0.3, -0.25) is 4.79 Å². The van der Waals surface area contributed by atoms with E-state index in [-0.39, 0.29) is 17.4 Å². The summed E-state index contributed by atoms with van der Waals surface area (Å²) in [6.45, 7) is 7.72. The number of ether oxygens (including phenoxy) is 1. The molecule has 1 aromatic heterocycles. The van der Waals surface area contributed by atoms with Crippen LogP contribution in [0.3, 0.4) is 0 Å². The average Bonchev–Trinajstić information content (AvgIpc) is 3.08. The third-order valence-electron chi connectivity index (χ3n) is 4.73. The third kappa shape index (κ3) is 3.76. The van der Waals surface area contributed by atoms with Crippen LogP contribution in [0.4, 0.5) is 0 Å². The van der Waals surface area contributed by atoms with Gasteiger partial charge in [0.1, 0.15) is 0 Å². The summed E-state index contributed by atoms with van der Waals surface area (Å²) in [4.78, 5) is 15.1. The Bertz CT molecular complexity index is 725. The van der Waals surface area contributed by atoms with Gasteiger partial charge in [-0.2, -0.15) is 5.10 Å². The Morgan fingerprint density at radius 1 is 1.20 bits per heavy atom. The van der Waals surface area contributed by atoms with Crippen LogP contribution in [0, 0.1) is 0 Å². The Morgan fingerprint density at radius 3 is 2.44 bits per heavy atom. The van der Waals surface area contributed by atoms with Crippen LogP contribution in [0.2, 0.25) is 0 Å². The van der Waals surface area contributed by atoms with Gasteiger partial charge in [0.25, 0.3) is 5.91 Å². The zero-order valence-electron chi connectivity index (χ0n) is 15.5. The van der Waals surface area contributed by atoms with Crippen molar-refractivity contribution >= 4 is 5.91 Å². The first-order valence-electron chi connectivity index (χ1n) is 8.88. The number of hydrogen-bond donors (Lipinski definition) is 0. The molecule has 2 aromatic rings. The summed E-state index contributed by atoms with van der Waals surface area (Å²) < 4.78 is 7.23. The molecule has 25 heavy (non-hydrogen) atoms. The van der Waals surface area contributed by atoms with Gasteiger partial charge in [0, 0.05) is 37.9 Å². The maximum absolute atomic E-state index is 13.2. The number of para-hydroxylation sites is 1. The smallest absolute Gasteiger partial charge is 0.257 e. The van der Waals surface area contributed by atoms with E-state index in [0.29, 0.717) is 5.56 Å². The van der Waals surface area contributed by atoms with Gasteiger partial charge in [-0.15, -0.1) is 0 Å². The molecular formula is C20H27N3O2. The summed E-state index contributed by atoms with van der Waals surface area (Å²) in [6, 6.07) is 10.1. The van der Waals surface area contributed by atoms with Crippen molar-refractivity contribution in [2.45, 2.75) is 45.1 Å². The summed E-state index contributed by atoms with van der Waals surface area (Å²) in [6.07, 6.45) is 3.65. The number of carbonyl (C=O) groups is 1. The van der Waals surface area contributed by atoms with E-state index in [1.807, 2.05) is 53.2 Å². The largest absolute Gasteiger partial charge is 0.381 e. The summed E-state index contributed by atoms with van der Waals surface area (Å²) in [5.41, 5.74) is 2.27. The lowest BCUT2D eigenvalue weighted by molar-refractivity contribution is 0.0361. The molecule has 0 spiro atoms. The highest BCUT2D eigenvalue weighted by Crippen LogP contribution is 2.27. The van der Waals surface area contributed by atoms with E-state index in [0.717, 1.165) is 37.4 Å². The van der Waals surface area contributed by atoms with Crippen LogP contribution < -0.4 is 0 Å². The normalized spacial score (nSPS) is 16.0. The molecule has 0 radical (unpaired) electrons. The Balaban J connectivity index is 1.96.